The monoisotopic (exact) mass is 281 g/mol. The molecule has 0 radical (unpaired) electrons. The number of amides is 1. The molecule has 1 fully saturated rings. The van der Waals surface area contributed by atoms with Crippen LogP contribution in [0.25, 0.3) is 6.08 Å². The molecule has 0 aromatic carbocycles. The van der Waals surface area contributed by atoms with Crippen molar-refractivity contribution in [1.82, 2.24) is 4.90 Å². The van der Waals surface area contributed by atoms with Crippen LogP contribution in [0.1, 0.15) is 10.4 Å². The molecule has 0 bridgehead atoms. The maximum absolute atomic E-state index is 12.0. The lowest BCUT2D eigenvalue weighted by Gasteiger charge is -2.31. The van der Waals surface area contributed by atoms with Gasteiger partial charge in [-0.15, -0.1) is 11.3 Å². The number of rotatable bonds is 3. The van der Waals surface area contributed by atoms with Gasteiger partial charge < -0.3 is 14.7 Å². The van der Waals surface area contributed by atoms with E-state index in [4.69, 9.17) is 9.84 Å². The van der Waals surface area contributed by atoms with Crippen molar-refractivity contribution in [1.29, 1.82) is 0 Å². The average Bonchev–Trinajstić information content (AvgIpc) is 2.81. The molecule has 1 N–H and O–H groups in total. The van der Waals surface area contributed by atoms with E-state index in [9.17, 15) is 9.59 Å². The molecule has 1 unspecified atom stereocenters. The third kappa shape index (κ3) is 3.21. The van der Waals surface area contributed by atoms with Gasteiger partial charge in [-0.1, -0.05) is 0 Å². The molecule has 102 valence electrons. The van der Waals surface area contributed by atoms with Gasteiger partial charge in [-0.2, -0.15) is 0 Å². The van der Waals surface area contributed by atoms with Crippen LogP contribution in [0.3, 0.4) is 0 Å². The van der Waals surface area contributed by atoms with Crippen LogP contribution in [0.4, 0.5) is 0 Å². The number of carbonyl (C=O) groups excluding carboxylic acids is 1. The van der Waals surface area contributed by atoms with Crippen molar-refractivity contribution in [3.8, 4) is 0 Å². The smallest absolute Gasteiger partial charge is 0.328 e. The summed E-state index contributed by atoms with van der Waals surface area (Å²) in [6.07, 6.45) is 3.16. The topological polar surface area (TPSA) is 66.8 Å². The molecule has 0 saturated carbocycles. The first-order chi connectivity index (χ1) is 9.09. The minimum absolute atomic E-state index is 0.0486. The minimum Gasteiger partial charge on any atom is -0.480 e. The van der Waals surface area contributed by atoms with Gasteiger partial charge >= 0.3 is 5.97 Å². The first kappa shape index (κ1) is 13.8. The van der Waals surface area contributed by atoms with Gasteiger partial charge in [-0.25, -0.2) is 4.79 Å². The summed E-state index contributed by atoms with van der Waals surface area (Å²) in [6.45, 7) is 2.70. The summed E-state index contributed by atoms with van der Waals surface area (Å²) in [5.74, 6) is -1.32. The molecule has 1 atom stereocenters. The molecule has 2 heterocycles. The highest BCUT2D eigenvalue weighted by molar-refractivity contribution is 7.11. The Labute approximate surface area is 115 Å². The number of ether oxygens (including phenoxy) is 1. The fraction of sp³-hybridized carbons (Fsp3) is 0.385. The van der Waals surface area contributed by atoms with Crippen molar-refractivity contribution in [3.05, 3.63) is 28.0 Å². The van der Waals surface area contributed by atoms with Crippen molar-refractivity contribution in [3.63, 3.8) is 0 Å². The average molecular weight is 281 g/mol. The number of morpholine rings is 1. The number of carboxylic acid groups (broad SMARTS) is 1. The first-order valence-corrected chi connectivity index (χ1v) is 6.81. The number of carboxylic acids is 1. The Morgan fingerprint density at radius 2 is 2.37 bits per heavy atom. The number of nitrogens with zero attached hydrogens (tertiary/aromatic N) is 1. The molecule has 19 heavy (non-hydrogen) atoms. The van der Waals surface area contributed by atoms with E-state index in [0.29, 0.717) is 13.2 Å². The van der Waals surface area contributed by atoms with E-state index in [1.807, 2.05) is 18.4 Å². The number of hydrogen-bond acceptors (Lipinski definition) is 4. The largest absolute Gasteiger partial charge is 0.480 e. The summed E-state index contributed by atoms with van der Waals surface area (Å²) < 4.78 is 5.10. The van der Waals surface area contributed by atoms with Crippen molar-refractivity contribution in [2.24, 2.45) is 0 Å². The van der Waals surface area contributed by atoms with Crippen LogP contribution < -0.4 is 0 Å². The SMILES string of the molecule is Cc1ccsc1C=CC(=O)N1CCOCC1C(=O)O. The molecule has 5 nitrogen and oxygen atoms in total. The van der Waals surface area contributed by atoms with Gasteiger partial charge in [-0.05, 0) is 30.0 Å². The lowest BCUT2D eigenvalue weighted by molar-refractivity contribution is -0.156. The lowest BCUT2D eigenvalue weighted by atomic mass is 10.2. The molecule has 1 amide bonds. The number of thiophene rings is 1. The summed E-state index contributed by atoms with van der Waals surface area (Å²) in [4.78, 5) is 25.5. The highest BCUT2D eigenvalue weighted by Crippen LogP contribution is 2.17. The van der Waals surface area contributed by atoms with E-state index in [0.717, 1.165) is 10.4 Å². The number of carbonyl (C=O) groups is 2. The van der Waals surface area contributed by atoms with Gasteiger partial charge in [0.15, 0.2) is 6.04 Å². The highest BCUT2D eigenvalue weighted by Gasteiger charge is 2.31. The molecular formula is C13H15NO4S. The van der Waals surface area contributed by atoms with Crippen molar-refractivity contribution in [2.45, 2.75) is 13.0 Å². The highest BCUT2D eigenvalue weighted by atomic mass is 32.1. The maximum Gasteiger partial charge on any atom is 0.328 e. The summed E-state index contributed by atoms with van der Waals surface area (Å²) >= 11 is 1.55. The molecule has 1 aromatic heterocycles. The van der Waals surface area contributed by atoms with E-state index in [1.54, 1.807) is 17.4 Å². The Morgan fingerprint density at radius 1 is 1.58 bits per heavy atom. The van der Waals surface area contributed by atoms with Crippen LogP contribution in [0.5, 0.6) is 0 Å². The standard InChI is InChI=1S/C13H15NO4S/c1-9-4-7-19-11(9)2-3-12(15)14-5-6-18-8-10(14)13(16)17/h2-4,7,10H,5-6,8H2,1H3,(H,16,17). The fourth-order valence-electron chi connectivity index (χ4n) is 1.87. The molecule has 0 aliphatic carbocycles. The van der Waals surface area contributed by atoms with Crippen LogP contribution in [0, 0.1) is 6.92 Å². The van der Waals surface area contributed by atoms with Crippen LogP contribution in [0.2, 0.25) is 0 Å². The maximum atomic E-state index is 12.0. The van der Waals surface area contributed by atoms with Gasteiger partial charge in [0.2, 0.25) is 5.91 Å². The van der Waals surface area contributed by atoms with Crippen molar-refractivity contribution < 1.29 is 19.4 Å². The fourth-order valence-corrected chi connectivity index (χ4v) is 2.69. The number of aryl methyl sites for hydroxylation is 1. The number of aliphatic carboxylic acids is 1. The van der Waals surface area contributed by atoms with Crippen molar-refractivity contribution >= 4 is 29.3 Å². The lowest BCUT2D eigenvalue weighted by Crippen LogP contribution is -2.52. The zero-order chi connectivity index (χ0) is 13.8. The van der Waals surface area contributed by atoms with E-state index in [1.165, 1.54) is 11.0 Å². The van der Waals surface area contributed by atoms with Gasteiger partial charge in [0, 0.05) is 17.5 Å². The van der Waals surface area contributed by atoms with Crippen molar-refractivity contribution in [2.75, 3.05) is 19.8 Å². The van der Waals surface area contributed by atoms with E-state index >= 15 is 0 Å². The van der Waals surface area contributed by atoms with E-state index < -0.39 is 12.0 Å². The zero-order valence-electron chi connectivity index (χ0n) is 10.5. The van der Waals surface area contributed by atoms with Gasteiger partial charge in [0.25, 0.3) is 0 Å². The zero-order valence-corrected chi connectivity index (χ0v) is 11.4. The van der Waals surface area contributed by atoms with Gasteiger partial charge in [0.05, 0.1) is 13.2 Å². The van der Waals surface area contributed by atoms with Crippen LogP contribution in [-0.2, 0) is 14.3 Å². The van der Waals surface area contributed by atoms with Gasteiger partial charge in [0.1, 0.15) is 0 Å². The quantitative estimate of drug-likeness (QED) is 0.850. The predicted molar refractivity (Wildman–Crippen MR) is 72.0 cm³/mol. The number of hydrogen-bond donors (Lipinski definition) is 1. The first-order valence-electron chi connectivity index (χ1n) is 5.93. The van der Waals surface area contributed by atoms with Gasteiger partial charge in [-0.3, -0.25) is 4.79 Å². The summed E-state index contributed by atoms with van der Waals surface area (Å²) in [6, 6.07) is 1.08. The van der Waals surface area contributed by atoms with Crippen LogP contribution in [-0.4, -0.2) is 47.7 Å². The summed E-state index contributed by atoms with van der Waals surface area (Å²) in [7, 11) is 0. The summed E-state index contributed by atoms with van der Waals surface area (Å²) in [5, 5.41) is 11.0. The van der Waals surface area contributed by atoms with Crippen LogP contribution in [0.15, 0.2) is 17.5 Å². The van der Waals surface area contributed by atoms with E-state index in [-0.39, 0.29) is 12.5 Å². The Bertz CT molecular complexity index is 508. The third-order valence-electron chi connectivity index (χ3n) is 2.98. The van der Waals surface area contributed by atoms with E-state index in [2.05, 4.69) is 0 Å². The second-order valence-electron chi connectivity index (χ2n) is 4.26. The molecule has 1 aromatic rings. The third-order valence-corrected chi connectivity index (χ3v) is 3.96. The van der Waals surface area contributed by atoms with Crippen LogP contribution >= 0.6 is 11.3 Å². The second-order valence-corrected chi connectivity index (χ2v) is 5.21. The molecule has 1 saturated heterocycles. The Kier molecular flexibility index (Phi) is 4.34. The normalized spacial score (nSPS) is 19.8. The predicted octanol–water partition coefficient (Wildman–Crippen LogP) is 1.38. The summed E-state index contributed by atoms with van der Waals surface area (Å²) in [5.41, 5.74) is 1.10. The molecule has 0 spiro atoms. The molecule has 6 heteroatoms. The molecular weight excluding hydrogens is 266 g/mol. The second kappa shape index (κ2) is 5.99. The minimum atomic E-state index is -1.03. The molecule has 1 aliphatic heterocycles. The molecule has 1 aliphatic rings. The Morgan fingerprint density at radius 3 is 3.00 bits per heavy atom. The molecule has 2 rings (SSSR count). The Balaban J connectivity index is 2.08. The Hall–Kier alpha value is -1.66.